The molecule has 3 nitrogen and oxygen atoms in total. The molecule has 0 amide bonds. The highest BCUT2D eigenvalue weighted by molar-refractivity contribution is 6.97. The second-order valence-corrected chi connectivity index (χ2v) is 47.0. The molecule has 0 unspecified atom stereocenters. The molecule has 0 aliphatic carbocycles. The number of hydrogen-bond acceptors (Lipinski definition) is 3. The molecule has 0 bridgehead atoms. The van der Waals surface area contributed by atoms with Crippen LogP contribution in [0.15, 0.2) is 97.1 Å². The molecule has 0 N–H and O–H groups in total. The smallest absolute Gasteiger partial charge is 0.206 e. The average Bonchev–Trinajstić information content (AvgIpc) is 3.15. The molecule has 0 heterocycles. The molecular formula is C52H90O3Si6. The maximum absolute atomic E-state index is 6.79. The molecule has 9 heteroatoms. The summed E-state index contributed by atoms with van der Waals surface area (Å²) in [6.45, 7) is 41.4. The van der Waals surface area contributed by atoms with E-state index in [4.69, 9.17) is 12.3 Å². The second-order valence-electron chi connectivity index (χ2n) is 21.3. The van der Waals surface area contributed by atoms with Crippen molar-refractivity contribution in [2.75, 3.05) is 0 Å². The zero-order valence-electron chi connectivity index (χ0n) is 42.5. The fourth-order valence-corrected chi connectivity index (χ4v) is 33.7. The summed E-state index contributed by atoms with van der Waals surface area (Å²) in [6.07, 6.45) is 7.58. The largest absolute Gasteiger partial charge is 0.455 e. The molecule has 0 atom stereocenters. The highest BCUT2D eigenvalue weighted by atomic mass is 28.4. The maximum Gasteiger partial charge on any atom is 0.206 e. The molecular weight excluding hydrogens is 841 g/mol. The Labute approximate surface area is 383 Å². The van der Waals surface area contributed by atoms with Crippen molar-refractivity contribution in [1.82, 2.24) is 0 Å². The Balaban J connectivity index is 0.000000326. The van der Waals surface area contributed by atoms with Gasteiger partial charge in [-0.25, -0.2) is 0 Å². The third-order valence-electron chi connectivity index (χ3n) is 11.6. The van der Waals surface area contributed by atoms with Crippen molar-refractivity contribution in [1.29, 1.82) is 0 Å². The molecule has 0 spiro atoms. The second kappa shape index (κ2) is 24.9. The molecule has 4 aromatic rings. The van der Waals surface area contributed by atoms with Crippen molar-refractivity contribution in [3.63, 3.8) is 0 Å². The predicted molar refractivity (Wildman–Crippen MR) is 289 cm³/mol. The summed E-state index contributed by atoms with van der Waals surface area (Å²) in [5, 5.41) is 2.75. The Morgan fingerprint density at radius 1 is 0.328 bits per heavy atom. The minimum absolute atomic E-state index is 1.14. The van der Waals surface area contributed by atoms with E-state index in [1.165, 1.54) is 93.6 Å². The van der Waals surface area contributed by atoms with Gasteiger partial charge in [0.05, 0.1) is 0 Å². The molecule has 0 saturated carbocycles. The lowest BCUT2D eigenvalue weighted by molar-refractivity contribution is 0.528. The van der Waals surface area contributed by atoms with Crippen molar-refractivity contribution < 1.29 is 12.3 Å². The van der Waals surface area contributed by atoms with Gasteiger partial charge in [0.25, 0.3) is 0 Å². The Kier molecular flexibility index (Phi) is 22.6. The summed E-state index contributed by atoms with van der Waals surface area (Å²) in [6, 6.07) is 40.7. The van der Waals surface area contributed by atoms with Crippen LogP contribution in [0.5, 0.6) is 0 Å². The van der Waals surface area contributed by atoms with Crippen LogP contribution in [0, 0.1) is 27.7 Å². The minimum Gasteiger partial charge on any atom is -0.455 e. The fourth-order valence-electron chi connectivity index (χ4n) is 7.97. The summed E-state index contributed by atoms with van der Waals surface area (Å²) in [5.41, 5.74) is 8.15. The van der Waals surface area contributed by atoms with Crippen LogP contribution in [0.3, 0.4) is 0 Å². The van der Waals surface area contributed by atoms with E-state index >= 15 is 0 Å². The summed E-state index contributed by atoms with van der Waals surface area (Å²) >= 11 is 0. The van der Waals surface area contributed by atoms with E-state index in [1.807, 2.05) is 0 Å². The molecule has 0 saturated heterocycles. The van der Waals surface area contributed by atoms with Crippen molar-refractivity contribution in [2.45, 2.75) is 183 Å². The van der Waals surface area contributed by atoms with Gasteiger partial charge in [-0.2, -0.15) is 0 Å². The third-order valence-corrected chi connectivity index (χ3v) is 34.0. The Morgan fingerprint density at radius 2 is 0.574 bits per heavy atom. The Hall–Kier alpha value is -1.94. The van der Waals surface area contributed by atoms with E-state index < -0.39 is 49.9 Å². The van der Waals surface area contributed by atoms with Gasteiger partial charge < -0.3 is 12.3 Å². The van der Waals surface area contributed by atoms with Gasteiger partial charge in [-0.05, 0) is 165 Å². The SMILES string of the molecule is CCCC[Si](C)(C)O[Si](C)(C)CCCC.Cc1ccc(CC[Si](C)(C)O[Si](C)(C)CCc2ccc(C)cc2)cc1.Cc1ccc([Si](C)(C)O[Si](C)(C)c2ccc(C)cc2)cc1. The highest BCUT2D eigenvalue weighted by Gasteiger charge is 2.36. The van der Waals surface area contributed by atoms with Crippen molar-refractivity contribution >= 4 is 60.3 Å². The first-order valence-electron chi connectivity index (χ1n) is 23.5. The number of aryl methyl sites for hydroxylation is 6. The number of unbranched alkanes of at least 4 members (excludes halogenated alkanes) is 2. The van der Waals surface area contributed by atoms with Gasteiger partial charge in [0.15, 0.2) is 33.3 Å². The van der Waals surface area contributed by atoms with Gasteiger partial charge >= 0.3 is 0 Å². The van der Waals surface area contributed by atoms with Crippen molar-refractivity contribution in [3.05, 3.63) is 130 Å². The maximum atomic E-state index is 6.79. The topological polar surface area (TPSA) is 27.7 Å². The highest BCUT2D eigenvalue weighted by Crippen LogP contribution is 2.26. The molecule has 4 aromatic carbocycles. The van der Waals surface area contributed by atoms with Crippen LogP contribution in [0.2, 0.25) is 103 Å². The van der Waals surface area contributed by atoms with Crippen LogP contribution in [0.4, 0.5) is 0 Å². The number of benzene rings is 4. The first-order valence-corrected chi connectivity index (χ1v) is 41.8. The van der Waals surface area contributed by atoms with Crippen molar-refractivity contribution in [3.8, 4) is 0 Å². The molecule has 0 aliphatic rings. The first-order chi connectivity index (χ1) is 28.2. The van der Waals surface area contributed by atoms with E-state index in [9.17, 15) is 0 Å². The van der Waals surface area contributed by atoms with Crippen LogP contribution in [0.25, 0.3) is 0 Å². The van der Waals surface area contributed by atoms with Crippen LogP contribution in [-0.4, -0.2) is 49.9 Å². The monoisotopic (exact) mass is 931 g/mol. The van der Waals surface area contributed by atoms with Gasteiger partial charge in [-0.1, -0.05) is 159 Å². The lowest BCUT2D eigenvalue weighted by Gasteiger charge is -2.34. The van der Waals surface area contributed by atoms with E-state index in [-0.39, 0.29) is 0 Å². The quantitative estimate of drug-likeness (QED) is 0.0827. The Bertz CT molecular complexity index is 1680. The fraction of sp³-hybridized carbons (Fsp3) is 0.538. The number of rotatable bonds is 20. The molecule has 0 fully saturated rings. The standard InChI is InChI=1S/C22H34OSi2.C18H26OSi2.C12H30OSi2/c1-19-7-11-21(12-8-19)15-17-24(3,4)23-25(5,6)18-16-22-13-9-20(2)10-14-22;1-15-7-11-17(12-8-15)20(3,4)19-21(5,6)18-13-9-16(2)10-14-18;1-7-9-11-14(3,4)13-15(5,6)12-10-8-2/h7-14H,15-18H2,1-6H3;7-14H,1-6H3;7-12H2,1-6H3. The van der Waals surface area contributed by atoms with Crippen LogP contribution in [-0.2, 0) is 25.2 Å². The predicted octanol–water partition coefficient (Wildman–Crippen LogP) is 15.4. The zero-order chi connectivity index (χ0) is 46.1. The van der Waals surface area contributed by atoms with Gasteiger partial charge in [-0.3, -0.25) is 0 Å². The third kappa shape index (κ3) is 22.5. The summed E-state index contributed by atoms with van der Waals surface area (Å²) in [4.78, 5) is 0. The molecule has 61 heavy (non-hydrogen) atoms. The molecule has 4 rings (SSSR count). The zero-order valence-corrected chi connectivity index (χ0v) is 48.5. The van der Waals surface area contributed by atoms with Gasteiger partial charge in [-0.15, -0.1) is 0 Å². The molecule has 340 valence electrons. The molecule has 0 aliphatic heterocycles. The van der Waals surface area contributed by atoms with Crippen molar-refractivity contribution in [2.24, 2.45) is 0 Å². The summed E-state index contributed by atoms with van der Waals surface area (Å²) in [5.74, 6) is 0. The average molecular weight is 932 g/mol. The molecule has 0 aromatic heterocycles. The van der Waals surface area contributed by atoms with Gasteiger partial charge in [0.2, 0.25) is 16.6 Å². The van der Waals surface area contributed by atoms with Crippen LogP contribution < -0.4 is 10.4 Å². The van der Waals surface area contributed by atoms with Gasteiger partial charge in [0, 0.05) is 0 Å². The first kappa shape index (κ1) is 55.2. The lowest BCUT2D eigenvalue weighted by Crippen LogP contribution is -2.57. The normalized spacial score (nSPS) is 12.6. The van der Waals surface area contributed by atoms with Crippen LogP contribution in [0.1, 0.15) is 72.9 Å². The van der Waals surface area contributed by atoms with E-state index in [0.29, 0.717) is 0 Å². The number of hydrogen-bond donors (Lipinski definition) is 0. The summed E-state index contributed by atoms with van der Waals surface area (Å²) < 4.78 is 20.1. The minimum atomic E-state index is -1.87. The Morgan fingerprint density at radius 3 is 0.836 bits per heavy atom. The van der Waals surface area contributed by atoms with Crippen LogP contribution >= 0.6 is 0 Å². The van der Waals surface area contributed by atoms with Gasteiger partial charge in [0.1, 0.15) is 0 Å². The van der Waals surface area contributed by atoms with E-state index in [2.05, 4.69) is 217 Å². The summed E-state index contributed by atoms with van der Waals surface area (Å²) in [7, 11) is -9.68. The van der Waals surface area contributed by atoms with E-state index in [0.717, 1.165) is 12.8 Å². The molecule has 0 radical (unpaired) electrons. The van der Waals surface area contributed by atoms with E-state index in [1.54, 1.807) is 0 Å². The lowest BCUT2D eigenvalue weighted by atomic mass is 10.1.